The van der Waals surface area contributed by atoms with Gasteiger partial charge in [-0.25, -0.2) is 0 Å². The minimum atomic E-state index is -4.56. The molecule has 151 valence electrons. The van der Waals surface area contributed by atoms with Gasteiger partial charge in [0.2, 0.25) is 11.9 Å². The van der Waals surface area contributed by atoms with E-state index in [0.717, 1.165) is 18.2 Å². The Labute approximate surface area is 164 Å². The molecule has 0 unspecified atom stereocenters. The number of rotatable bonds is 6. The number of hydrogen-bond acceptors (Lipinski definition) is 9. The van der Waals surface area contributed by atoms with Crippen molar-refractivity contribution in [3.05, 3.63) is 54.6 Å². The first kappa shape index (κ1) is 20.5. The van der Waals surface area contributed by atoms with E-state index < -0.39 is 36.1 Å². The second kappa shape index (κ2) is 7.67. The zero-order valence-corrected chi connectivity index (χ0v) is 15.7. The molecular formula is C15H11FN5O6S2. The van der Waals surface area contributed by atoms with Crippen LogP contribution in [0.15, 0.2) is 52.3 Å². The number of nitrogens with one attached hydrogen (secondary N) is 2. The molecule has 29 heavy (non-hydrogen) atoms. The van der Waals surface area contributed by atoms with Gasteiger partial charge in [0.05, 0.1) is 5.69 Å². The summed E-state index contributed by atoms with van der Waals surface area (Å²) in [5, 5.41) is 5.05. The molecular weight excluding hydrogens is 429 g/mol. The minimum Gasteiger partial charge on any atom is -0.324 e. The predicted octanol–water partition coefficient (Wildman–Crippen LogP) is 1.79. The van der Waals surface area contributed by atoms with Gasteiger partial charge in [0.1, 0.15) is 9.79 Å². The lowest BCUT2D eigenvalue weighted by Gasteiger charge is -2.10. The van der Waals surface area contributed by atoms with E-state index >= 15 is 0 Å². The molecule has 2 aromatic carbocycles. The highest BCUT2D eigenvalue weighted by Gasteiger charge is 2.16. The molecule has 0 aliphatic rings. The molecule has 3 rings (SSSR count). The van der Waals surface area contributed by atoms with Gasteiger partial charge in [-0.3, -0.25) is 9.11 Å². The molecule has 3 aromatic rings. The van der Waals surface area contributed by atoms with Crippen LogP contribution in [0.3, 0.4) is 0 Å². The number of aromatic nitrogens is 3. The molecule has 11 nitrogen and oxygen atoms in total. The third-order valence-corrected chi connectivity index (χ3v) is 5.06. The molecule has 0 spiro atoms. The van der Waals surface area contributed by atoms with Crippen molar-refractivity contribution in [1.82, 2.24) is 15.0 Å². The molecule has 0 aliphatic carbocycles. The summed E-state index contributed by atoms with van der Waals surface area (Å²) in [5.41, 5.74) is 0.115. The fourth-order valence-corrected chi connectivity index (χ4v) is 3.25. The Kier molecular flexibility index (Phi) is 5.43. The van der Waals surface area contributed by atoms with Gasteiger partial charge in [-0.1, -0.05) is 12.1 Å². The molecule has 0 saturated heterocycles. The lowest BCUT2D eigenvalue weighted by molar-refractivity contribution is 0.481. The van der Waals surface area contributed by atoms with Crippen molar-refractivity contribution in [3.63, 3.8) is 0 Å². The van der Waals surface area contributed by atoms with Gasteiger partial charge in [-0.2, -0.15) is 36.2 Å². The Morgan fingerprint density at radius 3 is 2.10 bits per heavy atom. The Balaban J connectivity index is 1.88. The topological polar surface area (TPSA) is 171 Å². The number of halogens is 1. The van der Waals surface area contributed by atoms with E-state index in [2.05, 4.69) is 31.7 Å². The summed E-state index contributed by atoms with van der Waals surface area (Å²) in [7, 11) is -8.98. The van der Waals surface area contributed by atoms with Crippen molar-refractivity contribution >= 4 is 43.5 Å². The smallest absolute Gasteiger partial charge is 0.315 e. The monoisotopic (exact) mass is 440 g/mol. The van der Waals surface area contributed by atoms with Crippen LogP contribution in [0.25, 0.3) is 0 Å². The zero-order valence-electron chi connectivity index (χ0n) is 14.1. The molecule has 1 heterocycles. The summed E-state index contributed by atoms with van der Waals surface area (Å²) < 4.78 is 76.8. The number of anilines is 4. The first-order valence-electron chi connectivity index (χ1n) is 7.54. The standard InChI is InChI=1S/C15H11FN5O6S2/c16-13-19-14(17-9-5-7-10(8-6-9)28(22,23)24)21-15(20-13)18-11-3-1-2-4-12(11)29(25,26)27/h1-7H,(H,22,23,24)(H,25,26,27)(H2,17,18,19,20,21). The molecule has 1 aromatic heterocycles. The maximum atomic E-state index is 13.8. The van der Waals surface area contributed by atoms with E-state index in [-0.39, 0.29) is 23.3 Å². The maximum absolute atomic E-state index is 13.8. The van der Waals surface area contributed by atoms with Crippen LogP contribution < -0.4 is 10.6 Å². The molecule has 0 bridgehead atoms. The Bertz CT molecular complexity index is 1270. The van der Waals surface area contributed by atoms with Crippen LogP contribution in [-0.2, 0) is 20.2 Å². The summed E-state index contributed by atoms with van der Waals surface area (Å²) in [6, 6.07) is 11.1. The van der Waals surface area contributed by atoms with Crippen LogP contribution in [-0.4, -0.2) is 40.9 Å². The van der Waals surface area contributed by atoms with Crippen LogP contribution in [0, 0.1) is 12.1 Å². The lowest BCUT2D eigenvalue weighted by atomic mass is 10.3. The highest BCUT2D eigenvalue weighted by atomic mass is 32.2. The summed E-state index contributed by atoms with van der Waals surface area (Å²) in [6.45, 7) is 0. The van der Waals surface area contributed by atoms with E-state index in [1.165, 1.54) is 24.3 Å². The van der Waals surface area contributed by atoms with Crippen LogP contribution in [0.2, 0.25) is 0 Å². The molecule has 0 fully saturated rings. The number of hydrogen-bond donors (Lipinski definition) is 4. The van der Waals surface area contributed by atoms with Crippen LogP contribution in [0.1, 0.15) is 0 Å². The van der Waals surface area contributed by atoms with E-state index in [0.29, 0.717) is 0 Å². The zero-order chi connectivity index (χ0) is 21.2. The van der Waals surface area contributed by atoms with Crippen LogP contribution in [0.5, 0.6) is 0 Å². The third-order valence-electron chi connectivity index (χ3n) is 3.34. The van der Waals surface area contributed by atoms with Gasteiger partial charge in [0.25, 0.3) is 20.2 Å². The first-order valence-corrected chi connectivity index (χ1v) is 10.4. The predicted molar refractivity (Wildman–Crippen MR) is 97.7 cm³/mol. The maximum Gasteiger partial charge on any atom is 0.315 e. The van der Waals surface area contributed by atoms with Gasteiger partial charge >= 0.3 is 6.08 Å². The summed E-state index contributed by atoms with van der Waals surface area (Å²) in [5.74, 6) is -0.660. The Hall–Kier alpha value is -3.20. The fourth-order valence-electron chi connectivity index (χ4n) is 2.16. The van der Waals surface area contributed by atoms with Crippen LogP contribution >= 0.6 is 0 Å². The van der Waals surface area contributed by atoms with E-state index in [9.17, 15) is 25.8 Å². The fraction of sp³-hybridized carbons (Fsp3) is 0. The second-order valence-electron chi connectivity index (χ2n) is 5.39. The second-order valence-corrected chi connectivity index (χ2v) is 8.17. The number of para-hydroxylation sites is 1. The highest BCUT2D eigenvalue weighted by Crippen LogP contribution is 2.24. The molecule has 0 atom stereocenters. The average molecular weight is 440 g/mol. The van der Waals surface area contributed by atoms with Crippen molar-refractivity contribution in [2.24, 2.45) is 0 Å². The molecule has 0 aliphatic heterocycles. The molecule has 4 N–H and O–H groups in total. The molecule has 0 saturated carbocycles. The highest BCUT2D eigenvalue weighted by molar-refractivity contribution is 7.86. The van der Waals surface area contributed by atoms with Crippen molar-refractivity contribution < 1.29 is 30.3 Å². The quantitative estimate of drug-likeness (QED) is 0.412. The van der Waals surface area contributed by atoms with Crippen LogP contribution in [0.4, 0.5) is 27.7 Å². The summed E-state index contributed by atoms with van der Waals surface area (Å²) in [4.78, 5) is 9.77. The lowest BCUT2D eigenvalue weighted by Crippen LogP contribution is -2.08. The van der Waals surface area contributed by atoms with Gasteiger partial charge in [0.15, 0.2) is 0 Å². The van der Waals surface area contributed by atoms with Gasteiger partial charge in [-0.05, 0) is 30.3 Å². The number of benzene rings is 2. The van der Waals surface area contributed by atoms with Gasteiger partial charge in [0, 0.05) is 11.8 Å². The van der Waals surface area contributed by atoms with Gasteiger partial charge in [-0.15, -0.1) is 0 Å². The average Bonchev–Trinajstić information content (AvgIpc) is 2.60. The number of nitrogens with zero attached hydrogens (tertiary/aromatic N) is 3. The minimum absolute atomic E-state index is 0.0996. The van der Waals surface area contributed by atoms with Crippen molar-refractivity contribution in [1.29, 1.82) is 0 Å². The largest absolute Gasteiger partial charge is 0.324 e. The van der Waals surface area contributed by atoms with Crippen molar-refractivity contribution in [2.45, 2.75) is 9.79 Å². The first-order chi connectivity index (χ1) is 13.5. The Morgan fingerprint density at radius 2 is 1.52 bits per heavy atom. The molecule has 14 heteroatoms. The normalized spacial score (nSPS) is 11.8. The van der Waals surface area contributed by atoms with E-state index in [4.69, 9.17) is 4.55 Å². The van der Waals surface area contributed by atoms with E-state index in [1.54, 1.807) is 0 Å². The van der Waals surface area contributed by atoms with Gasteiger partial charge < -0.3 is 10.6 Å². The van der Waals surface area contributed by atoms with E-state index in [1.807, 2.05) is 0 Å². The third kappa shape index (κ3) is 5.20. The van der Waals surface area contributed by atoms with Crippen molar-refractivity contribution in [3.8, 4) is 0 Å². The summed E-state index contributed by atoms with van der Waals surface area (Å²) in [6.07, 6.45) is -1.20. The van der Waals surface area contributed by atoms with Crippen molar-refractivity contribution in [2.75, 3.05) is 10.6 Å². The summed E-state index contributed by atoms with van der Waals surface area (Å²) >= 11 is 0. The molecule has 0 amide bonds. The molecule has 1 radical (unpaired) electrons. The Morgan fingerprint density at radius 1 is 0.862 bits per heavy atom. The SMILES string of the molecule is O=S(=O)(O)c1[c]cc(Nc2nc(F)nc(Nc3ccccc3S(=O)(=O)O)n2)cc1.